The summed E-state index contributed by atoms with van der Waals surface area (Å²) in [6, 6.07) is 8.15. The minimum absolute atomic E-state index is 1.16. The molecule has 0 unspecified atom stereocenters. The summed E-state index contributed by atoms with van der Waals surface area (Å²) in [5.74, 6) is 0. The molecule has 11 heavy (non-hydrogen) atoms. The number of rotatable bonds is 0. The van der Waals surface area contributed by atoms with Crippen LogP contribution in [0.2, 0.25) is 0 Å². The summed E-state index contributed by atoms with van der Waals surface area (Å²) in [7, 11) is 3.89. The van der Waals surface area contributed by atoms with Crippen molar-refractivity contribution in [1.82, 2.24) is 9.90 Å². The molecule has 56 valence electrons. The SMILES string of the molecule is Cn1n[n+](C)c2ccccc21. The van der Waals surface area contributed by atoms with E-state index in [1.807, 2.05) is 35.6 Å². The number of fused-ring (bicyclic) bond motifs is 1. The lowest BCUT2D eigenvalue weighted by Gasteiger charge is -1.81. The molecule has 3 nitrogen and oxygen atoms in total. The molecule has 2 rings (SSSR count). The molecule has 0 saturated heterocycles. The van der Waals surface area contributed by atoms with Crippen LogP contribution in [0, 0.1) is 0 Å². The fraction of sp³-hybridized carbons (Fsp3) is 0.250. The Morgan fingerprint density at radius 2 is 2.09 bits per heavy atom. The largest absolute Gasteiger partial charge is 0.197 e. The Morgan fingerprint density at radius 1 is 1.36 bits per heavy atom. The first-order valence-electron chi connectivity index (χ1n) is 3.57. The number of nitrogens with zero attached hydrogens (tertiary/aromatic N) is 3. The van der Waals surface area contributed by atoms with Crippen molar-refractivity contribution < 1.29 is 4.68 Å². The van der Waals surface area contributed by atoms with E-state index in [4.69, 9.17) is 0 Å². The third-order valence-electron chi connectivity index (χ3n) is 1.85. The van der Waals surface area contributed by atoms with Crippen molar-refractivity contribution in [2.75, 3.05) is 0 Å². The van der Waals surface area contributed by atoms with Crippen molar-refractivity contribution in [3.8, 4) is 0 Å². The Hall–Kier alpha value is -1.38. The number of aromatic nitrogens is 3. The summed E-state index contributed by atoms with van der Waals surface area (Å²) in [5, 5.41) is 4.22. The normalized spacial score (nSPS) is 10.7. The van der Waals surface area contributed by atoms with Crippen molar-refractivity contribution in [2.24, 2.45) is 14.1 Å². The van der Waals surface area contributed by atoms with Gasteiger partial charge in [0.15, 0.2) is 11.0 Å². The molecule has 0 N–H and O–H groups in total. The van der Waals surface area contributed by atoms with E-state index in [1.54, 1.807) is 0 Å². The molecule has 2 aromatic rings. The Balaban J connectivity index is 2.95. The molecule has 0 aliphatic rings. The van der Waals surface area contributed by atoms with E-state index in [9.17, 15) is 0 Å². The summed E-state index contributed by atoms with van der Waals surface area (Å²) in [6.45, 7) is 0. The molecule has 0 spiro atoms. The van der Waals surface area contributed by atoms with Crippen molar-refractivity contribution in [2.45, 2.75) is 0 Å². The number of benzene rings is 1. The van der Waals surface area contributed by atoms with Crippen LogP contribution in [0.1, 0.15) is 0 Å². The molecule has 0 fully saturated rings. The van der Waals surface area contributed by atoms with Crippen LogP contribution >= 0.6 is 0 Å². The molecule has 0 bridgehead atoms. The van der Waals surface area contributed by atoms with Gasteiger partial charge in [-0.1, -0.05) is 12.1 Å². The molecule has 3 heteroatoms. The van der Waals surface area contributed by atoms with Gasteiger partial charge in [0.2, 0.25) is 0 Å². The predicted molar refractivity (Wildman–Crippen MR) is 41.9 cm³/mol. The highest BCUT2D eigenvalue weighted by Crippen LogP contribution is 2.05. The van der Waals surface area contributed by atoms with Crippen molar-refractivity contribution in [3.05, 3.63) is 24.3 Å². The van der Waals surface area contributed by atoms with Crippen LogP contribution < -0.4 is 4.68 Å². The molecule has 0 aliphatic heterocycles. The van der Waals surface area contributed by atoms with E-state index in [0.717, 1.165) is 11.0 Å². The number of para-hydroxylation sites is 2. The molecule has 0 amide bonds. The van der Waals surface area contributed by atoms with Crippen LogP contribution in [0.3, 0.4) is 0 Å². The first-order chi connectivity index (χ1) is 5.29. The first-order valence-corrected chi connectivity index (χ1v) is 3.57. The van der Waals surface area contributed by atoms with Gasteiger partial charge in [0.05, 0.1) is 5.21 Å². The van der Waals surface area contributed by atoms with Crippen LogP contribution in [0.4, 0.5) is 0 Å². The zero-order valence-electron chi connectivity index (χ0n) is 6.65. The summed E-state index contributed by atoms with van der Waals surface area (Å²) in [5.41, 5.74) is 2.32. The van der Waals surface area contributed by atoms with Crippen LogP contribution in [0.25, 0.3) is 11.0 Å². The second-order valence-electron chi connectivity index (χ2n) is 2.63. The second-order valence-corrected chi connectivity index (χ2v) is 2.63. The van der Waals surface area contributed by atoms with Gasteiger partial charge in [-0.25, -0.2) is 0 Å². The molecular formula is C8H10N3+. The Morgan fingerprint density at radius 3 is 2.82 bits per heavy atom. The van der Waals surface area contributed by atoms with E-state index in [1.165, 1.54) is 0 Å². The smallest absolute Gasteiger partial charge is 0.132 e. The van der Waals surface area contributed by atoms with E-state index in [0.29, 0.717) is 0 Å². The lowest BCUT2D eigenvalue weighted by atomic mass is 10.3. The molecule has 1 aromatic carbocycles. The maximum absolute atomic E-state index is 4.22. The van der Waals surface area contributed by atoms with Gasteiger partial charge in [-0.05, 0) is 12.1 Å². The lowest BCUT2D eigenvalue weighted by Crippen LogP contribution is -2.31. The first kappa shape index (κ1) is 6.34. The van der Waals surface area contributed by atoms with Gasteiger partial charge in [-0.15, -0.1) is 9.36 Å². The van der Waals surface area contributed by atoms with Gasteiger partial charge >= 0.3 is 0 Å². The Bertz CT molecular complexity index is 353. The Kier molecular flexibility index (Phi) is 1.18. The maximum atomic E-state index is 4.22. The monoisotopic (exact) mass is 148 g/mol. The van der Waals surface area contributed by atoms with E-state index in [-0.39, 0.29) is 0 Å². The van der Waals surface area contributed by atoms with Gasteiger partial charge in [0.25, 0.3) is 0 Å². The summed E-state index contributed by atoms with van der Waals surface area (Å²) in [4.78, 5) is 0. The maximum Gasteiger partial charge on any atom is 0.197 e. The predicted octanol–water partition coefficient (Wildman–Crippen LogP) is 0.398. The zero-order chi connectivity index (χ0) is 7.84. The van der Waals surface area contributed by atoms with E-state index in [2.05, 4.69) is 17.3 Å². The van der Waals surface area contributed by atoms with Crippen molar-refractivity contribution >= 4 is 11.0 Å². The van der Waals surface area contributed by atoms with Crippen LogP contribution in [-0.2, 0) is 14.1 Å². The molecule has 0 atom stereocenters. The third kappa shape index (κ3) is 0.808. The highest BCUT2D eigenvalue weighted by molar-refractivity contribution is 5.70. The summed E-state index contributed by atoms with van der Waals surface area (Å²) in [6.07, 6.45) is 0. The third-order valence-corrected chi connectivity index (χ3v) is 1.85. The minimum atomic E-state index is 1.16. The Labute approximate surface area is 64.8 Å². The highest BCUT2D eigenvalue weighted by Gasteiger charge is 2.09. The molecule has 0 saturated carbocycles. The van der Waals surface area contributed by atoms with Crippen molar-refractivity contribution in [3.63, 3.8) is 0 Å². The van der Waals surface area contributed by atoms with Gasteiger partial charge in [0.1, 0.15) is 14.1 Å². The zero-order valence-corrected chi connectivity index (χ0v) is 6.65. The fourth-order valence-electron chi connectivity index (χ4n) is 1.31. The number of hydrogen-bond acceptors (Lipinski definition) is 1. The molecule has 1 aromatic heterocycles. The van der Waals surface area contributed by atoms with Crippen LogP contribution in [-0.4, -0.2) is 9.90 Å². The van der Waals surface area contributed by atoms with Crippen LogP contribution in [0.15, 0.2) is 24.3 Å². The highest BCUT2D eigenvalue weighted by atomic mass is 15.5. The number of hydrogen-bond donors (Lipinski definition) is 0. The van der Waals surface area contributed by atoms with Gasteiger partial charge in [0, 0.05) is 0 Å². The van der Waals surface area contributed by atoms with Gasteiger partial charge in [-0.3, -0.25) is 0 Å². The standard InChI is InChI=1S/C8H10N3/c1-10-7-5-3-4-6-8(7)11(2)9-10/h3-6H,1-2H3/q+1. The molecule has 1 heterocycles. The topological polar surface area (TPSA) is 21.7 Å². The van der Waals surface area contributed by atoms with Gasteiger partial charge in [-0.2, -0.15) is 0 Å². The second kappa shape index (κ2) is 2.05. The van der Waals surface area contributed by atoms with Gasteiger partial charge < -0.3 is 0 Å². The van der Waals surface area contributed by atoms with Crippen LogP contribution in [0.5, 0.6) is 0 Å². The van der Waals surface area contributed by atoms with Crippen molar-refractivity contribution in [1.29, 1.82) is 0 Å². The fourth-order valence-corrected chi connectivity index (χ4v) is 1.31. The molecule has 0 aliphatic carbocycles. The average Bonchev–Trinajstić information content (AvgIpc) is 2.30. The summed E-state index contributed by atoms with van der Waals surface area (Å²) >= 11 is 0. The summed E-state index contributed by atoms with van der Waals surface area (Å²) < 4.78 is 3.74. The van der Waals surface area contributed by atoms with E-state index < -0.39 is 0 Å². The number of aryl methyl sites for hydroxylation is 2. The quantitative estimate of drug-likeness (QED) is 0.495. The minimum Gasteiger partial charge on any atom is -0.132 e. The van der Waals surface area contributed by atoms with E-state index >= 15 is 0 Å². The molecule has 0 radical (unpaired) electrons. The molecular weight excluding hydrogens is 138 g/mol. The lowest BCUT2D eigenvalue weighted by molar-refractivity contribution is -0.708. The average molecular weight is 148 g/mol.